The molecule has 0 unspecified atom stereocenters. The van der Waals surface area contributed by atoms with Crippen molar-refractivity contribution in [2.45, 2.75) is 40.0 Å². The minimum Gasteiger partial charge on any atom is -0.396 e. The fourth-order valence-electron chi connectivity index (χ4n) is 1.79. The molecule has 0 spiro atoms. The van der Waals surface area contributed by atoms with E-state index in [1.54, 1.807) is 0 Å². The molecule has 1 aliphatic carbocycles. The number of rotatable bonds is 4. The highest BCUT2D eigenvalue weighted by Crippen LogP contribution is 2.55. The van der Waals surface area contributed by atoms with E-state index in [2.05, 4.69) is 26.8 Å². The summed E-state index contributed by atoms with van der Waals surface area (Å²) < 4.78 is 0. The summed E-state index contributed by atoms with van der Waals surface area (Å²) >= 11 is 0. The number of hydrogen-bond acceptors (Lipinski definition) is 1. The van der Waals surface area contributed by atoms with Crippen molar-refractivity contribution in [3.8, 4) is 0 Å². The van der Waals surface area contributed by atoms with Crippen molar-refractivity contribution >= 4 is 0 Å². The average Bonchev–Trinajstić information content (AvgIpc) is 2.61. The monoisotopic (exact) mass is 168 g/mol. The molecule has 70 valence electrons. The quantitative estimate of drug-likeness (QED) is 0.640. The molecular weight excluding hydrogens is 148 g/mol. The van der Waals surface area contributed by atoms with Crippen molar-refractivity contribution in [2.24, 2.45) is 11.3 Å². The van der Waals surface area contributed by atoms with Gasteiger partial charge in [0.2, 0.25) is 0 Å². The van der Waals surface area contributed by atoms with Gasteiger partial charge >= 0.3 is 0 Å². The standard InChI is InChI=1S/C11H20O/c1-9(2)5-4-6-11(3)7-10(11)8-12/h5,10,12H,4,6-8H2,1-3H3/t10-,11+/m1/s1. The molecule has 0 saturated heterocycles. The van der Waals surface area contributed by atoms with E-state index in [0.717, 1.165) is 0 Å². The Morgan fingerprint density at radius 2 is 2.25 bits per heavy atom. The van der Waals surface area contributed by atoms with E-state index < -0.39 is 0 Å². The molecule has 0 radical (unpaired) electrons. The van der Waals surface area contributed by atoms with Crippen molar-refractivity contribution in [1.29, 1.82) is 0 Å². The summed E-state index contributed by atoms with van der Waals surface area (Å²) in [6.07, 6.45) is 5.93. The lowest BCUT2D eigenvalue weighted by Crippen LogP contribution is -2.00. The SMILES string of the molecule is CC(C)=CCC[C@@]1(C)C[C@@H]1CO. The molecular formula is C11H20O. The predicted octanol–water partition coefficient (Wildman–Crippen LogP) is 2.75. The maximum absolute atomic E-state index is 8.93. The second-order valence-electron chi connectivity index (χ2n) is 4.56. The van der Waals surface area contributed by atoms with E-state index >= 15 is 0 Å². The number of hydrogen-bond donors (Lipinski definition) is 1. The van der Waals surface area contributed by atoms with Crippen molar-refractivity contribution in [3.05, 3.63) is 11.6 Å². The molecule has 1 fully saturated rings. The van der Waals surface area contributed by atoms with Crippen molar-refractivity contribution in [3.63, 3.8) is 0 Å². The third-order valence-corrected chi connectivity index (χ3v) is 3.03. The lowest BCUT2D eigenvalue weighted by Gasteiger charge is -2.07. The summed E-state index contributed by atoms with van der Waals surface area (Å²) in [6, 6.07) is 0. The van der Waals surface area contributed by atoms with Gasteiger partial charge in [0.1, 0.15) is 0 Å². The third kappa shape index (κ3) is 2.34. The summed E-state index contributed by atoms with van der Waals surface area (Å²) in [6.45, 7) is 6.94. The maximum atomic E-state index is 8.93. The first-order valence-corrected chi connectivity index (χ1v) is 4.83. The van der Waals surface area contributed by atoms with Crippen molar-refractivity contribution < 1.29 is 5.11 Å². The van der Waals surface area contributed by atoms with Gasteiger partial charge in [-0.05, 0) is 44.4 Å². The fourth-order valence-corrected chi connectivity index (χ4v) is 1.79. The summed E-state index contributed by atoms with van der Waals surface area (Å²) in [4.78, 5) is 0. The van der Waals surface area contributed by atoms with Crippen LogP contribution in [0, 0.1) is 11.3 Å². The van der Waals surface area contributed by atoms with Gasteiger partial charge in [-0.1, -0.05) is 18.6 Å². The lowest BCUT2D eigenvalue weighted by molar-refractivity contribution is 0.250. The normalized spacial score (nSPS) is 33.2. The van der Waals surface area contributed by atoms with Gasteiger partial charge in [-0.15, -0.1) is 0 Å². The molecule has 0 aromatic heterocycles. The van der Waals surface area contributed by atoms with Gasteiger partial charge in [-0.2, -0.15) is 0 Å². The van der Waals surface area contributed by atoms with Crippen molar-refractivity contribution in [1.82, 2.24) is 0 Å². The van der Waals surface area contributed by atoms with Gasteiger partial charge in [0, 0.05) is 6.61 Å². The molecule has 1 nitrogen and oxygen atoms in total. The first-order chi connectivity index (χ1) is 5.58. The number of aliphatic hydroxyl groups excluding tert-OH is 1. The Kier molecular flexibility index (Phi) is 2.94. The van der Waals surface area contributed by atoms with E-state index in [1.165, 1.54) is 24.8 Å². The van der Waals surface area contributed by atoms with Gasteiger partial charge < -0.3 is 5.11 Å². The number of aliphatic hydroxyl groups is 1. The lowest BCUT2D eigenvalue weighted by atomic mass is 9.99. The Bertz CT molecular complexity index is 179. The van der Waals surface area contributed by atoms with Crippen LogP contribution in [-0.2, 0) is 0 Å². The average molecular weight is 168 g/mol. The Morgan fingerprint density at radius 1 is 1.58 bits per heavy atom. The van der Waals surface area contributed by atoms with E-state index in [-0.39, 0.29) is 0 Å². The Morgan fingerprint density at radius 3 is 2.67 bits per heavy atom. The molecule has 1 heteroatoms. The highest BCUT2D eigenvalue weighted by atomic mass is 16.3. The molecule has 0 amide bonds. The first kappa shape index (κ1) is 9.79. The van der Waals surface area contributed by atoms with E-state index in [0.29, 0.717) is 17.9 Å². The largest absolute Gasteiger partial charge is 0.396 e. The molecule has 2 atom stereocenters. The molecule has 0 aromatic carbocycles. The van der Waals surface area contributed by atoms with Crippen LogP contribution in [0.3, 0.4) is 0 Å². The van der Waals surface area contributed by atoms with Gasteiger partial charge in [-0.25, -0.2) is 0 Å². The third-order valence-electron chi connectivity index (χ3n) is 3.03. The molecule has 0 aromatic rings. The van der Waals surface area contributed by atoms with Gasteiger partial charge in [0.15, 0.2) is 0 Å². The molecule has 1 saturated carbocycles. The molecule has 0 aliphatic heterocycles. The smallest absolute Gasteiger partial charge is 0.0464 e. The molecule has 1 N–H and O–H groups in total. The van der Waals surface area contributed by atoms with Crippen LogP contribution in [-0.4, -0.2) is 11.7 Å². The molecule has 1 aliphatic rings. The van der Waals surface area contributed by atoms with Crippen LogP contribution in [0.1, 0.15) is 40.0 Å². The van der Waals surface area contributed by atoms with Gasteiger partial charge in [0.25, 0.3) is 0 Å². The predicted molar refractivity (Wildman–Crippen MR) is 52.0 cm³/mol. The zero-order valence-corrected chi connectivity index (χ0v) is 8.43. The summed E-state index contributed by atoms with van der Waals surface area (Å²) in [5.41, 5.74) is 1.86. The highest BCUT2D eigenvalue weighted by Gasteiger charge is 2.48. The van der Waals surface area contributed by atoms with E-state index in [4.69, 9.17) is 5.11 Å². The van der Waals surface area contributed by atoms with Gasteiger partial charge in [-0.3, -0.25) is 0 Å². The topological polar surface area (TPSA) is 20.2 Å². The minimum absolute atomic E-state index is 0.380. The zero-order chi connectivity index (χ0) is 9.19. The van der Waals surface area contributed by atoms with Crippen LogP contribution in [0.25, 0.3) is 0 Å². The summed E-state index contributed by atoms with van der Waals surface area (Å²) in [5, 5.41) is 8.93. The Labute approximate surface area is 75.5 Å². The summed E-state index contributed by atoms with van der Waals surface area (Å²) in [5.74, 6) is 0.586. The van der Waals surface area contributed by atoms with E-state index in [1.807, 2.05) is 0 Å². The van der Waals surface area contributed by atoms with Gasteiger partial charge in [0.05, 0.1) is 0 Å². The number of allylic oxidation sites excluding steroid dienone is 2. The van der Waals surface area contributed by atoms with Crippen LogP contribution in [0.4, 0.5) is 0 Å². The van der Waals surface area contributed by atoms with Crippen LogP contribution in [0.5, 0.6) is 0 Å². The first-order valence-electron chi connectivity index (χ1n) is 4.83. The molecule has 1 rings (SSSR count). The van der Waals surface area contributed by atoms with Crippen LogP contribution in [0.15, 0.2) is 11.6 Å². The van der Waals surface area contributed by atoms with Crippen LogP contribution < -0.4 is 0 Å². The Balaban J connectivity index is 2.21. The maximum Gasteiger partial charge on any atom is 0.0464 e. The van der Waals surface area contributed by atoms with E-state index in [9.17, 15) is 0 Å². The van der Waals surface area contributed by atoms with Crippen molar-refractivity contribution in [2.75, 3.05) is 6.61 Å². The second kappa shape index (κ2) is 3.61. The van der Waals surface area contributed by atoms with Crippen LogP contribution in [0.2, 0.25) is 0 Å². The second-order valence-corrected chi connectivity index (χ2v) is 4.56. The van der Waals surface area contributed by atoms with Crippen LogP contribution >= 0.6 is 0 Å². The minimum atomic E-state index is 0.380. The zero-order valence-electron chi connectivity index (χ0n) is 8.43. The summed E-state index contributed by atoms with van der Waals surface area (Å²) in [7, 11) is 0. The molecule has 0 bridgehead atoms. The molecule has 0 heterocycles. The Hall–Kier alpha value is -0.300. The molecule has 12 heavy (non-hydrogen) atoms. The highest BCUT2D eigenvalue weighted by molar-refractivity contribution is 5.01. The fraction of sp³-hybridized carbons (Fsp3) is 0.818.